The van der Waals surface area contributed by atoms with E-state index < -0.39 is 0 Å². The van der Waals surface area contributed by atoms with Crippen molar-refractivity contribution in [1.82, 2.24) is 14.9 Å². The van der Waals surface area contributed by atoms with Gasteiger partial charge in [-0.25, -0.2) is 9.97 Å². The predicted molar refractivity (Wildman–Crippen MR) is 70.2 cm³/mol. The molecule has 2 rings (SSSR count). The molecule has 1 N–H and O–H groups in total. The van der Waals surface area contributed by atoms with Crippen LogP contribution in [0, 0.1) is 29.6 Å². The average molecular weight is 256 g/mol. The highest BCUT2D eigenvalue weighted by atomic mass is 15.2. The van der Waals surface area contributed by atoms with Crippen molar-refractivity contribution in [3.8, 4) is 12.1 Å². The smallest absolute Gasteiger partial charge is 0.224 e. The predicted octanol–water partition coefficient (Wildman–Crippen LogP) is 1.06. The molecular weight excluding hydrogens is 240 g/mol. The van der Waals surface area contributed by atoms with Crippen LogP contribution in [0.2, 0.25) is 0 Å². The Hall–Kier alpha value is -2.18. The maximum absolute atomic E-state index is 8.88. The van der Waals surface area contributed by atoms with Gasteiger partial charge in [-0.2, -0.15) is 10.5 Å². The lowest BCUT2D eigenvalue weighted by molar-refractivity contribution is 0.242. The SMILES string of the molecule is Cc1cc(C#N)nc(NC2CCN(CC#N)CC2)n1. The highest BCUT2D eigenvalue weighted by molar-refractivity contribution is 5.33. The van der Waals surface area contributed by atoms with E-state index in [1.165, 1.54) is 0 Å². The molecule has 0 unspecified atom stereocenters. The molecular formula is C13H16N6. The van der Waals surface area contributed by atoms with Crippen LogP contribution in [0.4, 0.5) is 5.95 Å². The number of rotatable bonds is 3. The summed E-state index contributed by atoms with van der Waals surface area (Å²) in [5.41, 5.74) is 1.17. The van der Waals surface area contributed by atoms with Crippen molar-refractivity contribution in [2.45, 2.75) is 25.8 Å². The molecule has 0 atom stereocenters. The van der Waals surface area contributed by atoms with Crippen molar-refractivity contribution in [2.24, 2.45) is 0 Å². The molecule has 1 aromatic heterocycles. The number of nitrogens with one attached hydrogen (secondary N) is 1. The Labute approximate surface area is 112 Å². The van der Waals surface area contributed by atoms with E-state index in [2.05, 4.69) is 26.3 Å². The zero-order valence-corrected chi connectivity index (χ0v) is 10.9. The molecule has 1 aliphatic rings. The molecule has 1 aromatic rings. The quantitative estimate of drug-likeness (QED) is 0.813. The zero-order chi connectivity index (χ0) is 13.7. The van der Waals surface area contributed by atoms with Gasteiger partial charge in [-0.1, -0.05) is 0 Å². The number of aryl methyl sites for hydroxylation is 1. The fourth-order valence-electron chi connectivity index (χ4n) is 2.21. The van der Waals surface area contributed by atoms with Crippen molar-refractivity contribution in [2.75, 3.05) is 25.0 Å². The Morgan fingerprint density at radius 3 is 2.74 bits per heavy atom. The summed E-state index contributed by atoms with van der Waals surface area (Å²) in [7, 11) is 0. The summed E-state index contributed by atoms with van der Waals surface area (Å²) in [5, 5.41) is 20.8. The monoisotopic (exact) mass is 256 g/mol. The number of nitrogens with zero attached hydrogens (tertiary/aromatic N) is 5. The second-order valence-electron chi connectivity index (χ2n) is 4.68. The van der Waals surface area contributed by atoms with E-state index in [0.717, 1.165) is 31.6 Å². The summed E-state index contributed by atoms with van der Waals surface area (Å²) in [6.07, 6.45) is 1.92. The van der Waals surface area contributed by atoms with Gasteiger partial charge < -0.3 is 5.32 Å². The third-order valence-electron chi connectivity index (χ3n) is 3.18. The molecule has 0 amide bonds. The Bertz CT molecular complexity index is 519. The van der Waals surface area contributed by atoms with Gasteiger partial charge in [-0.15, -0.1) is 0 Å². The third-order valence-corrected chi connectivity index (χ3v) is 3.18. The molecule has 6 nitrogen and oxygen atoms in total. The maximum atomic E-state index is 8.88. The van der Waals surface area contributed by atoms with E-state index >= 15 is 0 Å². The Balaban J connectivity index is 1.94. The molecule has 0 aliphatic carbocycles. The van der Waals surface area contributed by atoms with Crippen LogP contribution in [0.15, 0.2) is 6.07 Å². The molecule has 0 bridgehead atoms. The summed E-state index contributed by atoms with van der Waals surface area (Å²) in [6, 6.07) is 6.18. The summed E-state index contributed by atoms with van der Waals surface area (Å²) in [4.78, 5) is 10.6. The van der Waals surface area contributed by atoms with E-state index in [-0.39, 0.29) is 0 Å². The standard InChI is InChI=1S/C13H16N6/c1-10-8-12(9-15)18-13(16-10)17-11-2-5-19(6-3-11)7-4-14/h8,11H,2-3,5-7H2,1H3,(H,16,17,18). The van der Waals surface area contributed by atoms with Crippen LogP contribution >= 0.6 is 0 Å². The molecule has 1 saturated heterocycles. The number of hydrogen-bond acceptors (Lipinski definition) is 6. The summed E-state index contributed by atoms with van der Waals surface area (Å²) in [5.74, 6) is 0.523. The normalized spacial score (nSPS) is 16.6. The van der Waals surface area contributed by atoms with Gasteiger partial charge >= 0.3 is 0 Å². The van der Waals surface area contributed by atoms with Crippen LogP contribution in [-0.4, -0.2) is 40.5 Å². The van der Waals surface area contributed by atoms with Gasteiger partial charge in [0.1, 0.15) is 11.8 Å². The molecule has 0 radical (unpaired) electrons. The fourth-order valence-corrected chi connectivity index (χ4v) is 2.21. The van der Waals surface area contributed by atoms with Crippen molar-refractivity contribution in [1.29, 1.82) is 10.5 Å². The maximum Gasteiger partial charge on any atom is 0.224 e. The van der Waals surface area contributed by atoms with Crippen LogP contribution < -0.4 is 5.32 Å². The van der Waals surface area contributed by atoms with Gasteiger partial charge in [0.05, 0.1) is 12.6 Å². The van der Waals surface area contributed by atoms with Gasteiger partial charge in [0, 0.05) is 24.8 Å². The topological polar surface area (TPSA) is 88.6 Å². The van der Waals surface area contributed by atoms with Gasteiger partial charge in [-0.05, 0) is 25.8 Å². The zero-order valence-electron chi connectivity index (χ0n) is 10.9. The molecule has 2 heterocycles. The minimum absolute atomic E-state index is 0.309. The van der Waals surface area contributed by atoms with E-state index in [1.807, 2.05) is 13.0 Å². The van der Waals surface area contributed by atoms with E-state index in [4.69, 9.17) is 10.5 Å². The Kier molecular flexibility index (Phi) is 4.27. The first-order chi connectivity index (χ1) is 9.21. The third kappa shape index (κ3) is 3.64. The summed E-state index contributed by atoms with van der Waals surface area (Å²) >= 11 is 0. The minimum Gasteiger partial charge on any atom is -0.351 e. The lowest BCUT2D eigenvalue weighted by atomic mass is 10.1. The van der Waals surface area contributed by atoms with Crippen molar-refractivity contribution in [3.63, 3.8) is 0 Å². The lowest BCUT2D eigenvalue weighted by Gasteiger charge is -2.30. The molecule has 0 saturated carbocycles. The molecule has 6 heteroatoms. The van der Waals surface area contributed by atoms with Crippen molar-refractivity contribution in [3.05, 3.63) is 17.5 Å². The van der Waals surface area contributed by atoms with E-state index in [0.29, 0.717) is 24.2 Å². The van der Waals surface area contributed by atoms with Gasteiger partial charge in [0.25, 0.3) is 0 Å². The fraction of sp³-hybridized carbons (Fsp3) is 0.538. The lowest BCUT2D eigenvalue weighted by Crippen LogP contribution is -2.39. The molecule has 98 valence electrons. The van der Waals surface area contributed by atoms with Crippen LogP contribution in [0.25, 0.3) is 0 Å². The van der Waals surface area contributed by atoms with Crippen molar-refractivity contribution < 1.29 is 0 Å². The van der Waals surface area contributed by atoms with Gasteiger partial charge in [-0.3, -0.25) is 4.90 Å². The Morgan fingerprint density at radius 2 is 2.11 bits per heavy atom. The van der Waals surface area contributed by atoms with Gasteiger partial charge in [0.2, 0.25) is 5.95 Å². The number of anilines is 1. The summed E-state index contributed by atoms with van der Waals surface area (Å²) in [6.45, 7) is 4.15. The largest absolute Gasteiger partial charge is 0.351 e. The second kappa shape index (κ2) is 6.12. The molecule has 1 fully saturated rings. The average Bonchev–Trinajstić information content (AvgIpc) is 2.40. The number of nitriles is 2. The highest BCUT2D eigenvalue weighted by Crippen LogP contribution is 2.14. The second-order valence-corrected chi connectivity index (χ2v) is 4.68. The van der Waals surface area contributed by atoms with Crippen molar-refractivity contribution >= 4 is 5.95 Å². The van der Waals surface area contributed by atoms with Crippen LogP contribution in [0.1, 0.15) is 24.2 Å². The minimum atomic E-state index is 0.309. The Morgan fingerprint density at radius 1 is 1.37 bits per heavy atom. The molecule has 0 aromatic carbocycles. The van der Waals surface area contributed by atoms with E-state index in [1.54, 1.807) is 6.07 Å². The van der Waals surface area contributed by atoms with E-state index in [9.17, 15) is 0 Å². The molecule has 19 heavy (non-hydrogen) atoms. The first-order valence-electron chi connectivity index (χ1n) is 6.33. The molecule has 0 spiro atoms. The van der Waals surface area contributed by atoms with Crippen LogP contribution in [0.3, 0.4) is 0 Å². The summed E-state index contributed by atoms with van der Waals surface area (Å²) < 4.78 is 0. The number of likely N-dealkylation sites (tertiary alicyclic amines) is 1. The van der Waals surface area contributed by atoms with Gasteiger partial charge in [0.15, 0.2) is 0 Å². The highest BCUT2D eigenvalue weighted by Gasteiger charge is 2.19. The van der Waals surface area contributed by atoms with Crippen LogP contribution in [-0.2, 0) is 0 Å². The first-order valence-corrected chi connectivity index (χ1v) is 6.33. The number of aromatic nitrogens is 2. The van der Waals surface area contributed by atoms with Crippen LogP contribution in [0.5, 0.6) is 0 Å². The molecule has 1 aliphatic heterocycles. The first kappa shape index (κ1) is 13.3. The number of hydrogen-bond donors (Lipinski definition) is 1. The number of piperidine rings is 1.